The van der Waals surface area contributed by atoms with Gasteiger partial charge >= 0.3 is 0 Å². The van der Waals surface area contributed by atoms with Gasteiger partial charge in [0.15, 0.2) is 0 Å². The molecule has 0 heterocycles. The molecule has 0 saturated heterocycles. The fraction of sp³-hybridized carbons (Fsp3) is 0.538. The summed E-state index contributed by atoms with van der Waals surface area (Å²) in [7, 11) is 0. The summed E-state index contributed by atoms with van der Waals surface area (Å²) in [5.41, 5.74) is 2.91. The molecule has 1 fully saturated rings. The maximum absolute atomic E-state index is 2.36. The van der Waals surface area contributed by atoms with E-state index in [9.17, 15) is 0 Å². The Hall–Kier alpha value is -0.780. The Bertz CT molecular complexity index is 301. The number of rotatable bonds is 2. The van der Waals surface area contributed by atoms with Gasteiger partial charge in [0.2, 0.25) is 0 Å². The first-order valence-corrected chi connectivity index (χ1v) is 5.25. The molecule has 0 N–H and O–H groups in total. The summed E-state index contributed by atoms with van der Waals surface area (Å²) in [5.74, 6) is 2.66. The van der Waals surface area contributed by atoms with Gasteiger partial charge in [-0.05, 0) is 36.7 Å². The van der Waals surface area contributed by atoms with Crippen LogP contribution in [0.3, 0.4) is 0 Å². The van der Waals surface area contributed by atoms with Crippen LogP contribution in [0.2, 0.25) is 0 Å². The van der Waals surface area contributed by atoms with Gasteiger partial charge in [-0.1, -0.05) is 43.7 Å². The summed E-state index contributed by atoms with van der Waals surface area (Å²) in [4.78, 5) is 0. The van der Waals surface area contributed by atoms with Gasteiger partial charge < -0.3 is 0 Å². The maximum Gasteiger partial charge on any atom is -0.0159 e. The highest BCUT2D eigenvalue weighted by molar-refractivity contribution is 5.26. The minimum Gasteiger partial charge on any atom is -0.0622 e. The molecule has 1 aromatic carbocycles. The smallest absolute Gasteiger partial charge is 0.0159 e. The second kappa shape index (κ2) is 3.17. The topological polar surface area (TPSA) is 0 Å². The van der Waals surface area contributed by atoms with Crippen molar-refractivity contribution in [3.05, 3.63) is 35.4 Å². The molecule has 13 heavy (non-hydrogen) atoms. The SMILES string of the molecule is Cc1cccc(C(C)C2CC2C)c1. The first-order chi connectivity index (χ1) is 6.18. The lowest BCUT2D eigenvalue weighted by Crippen LogP contribution is -1.97. The molecule has 0 aromatic heterocycles. The largest absolute Gasteiger partial charge is 0.0622 e. The molecule has 70 valence electrons. The zero-order valence-corrected chi connectivity index (χ0v) is 8.75. The molecule has 2 rings (SSSR count). The lowest BCUT2D eigenvalue weighted by molar-refractivity contribution is 0.618. The summed E-state index contributed by atoms with van der Waals surface area (Å²) < 4.78 is 0. The molecule has 0 nitrogen and oxygen atoms in total. The fourth-order valence-corrected chi connectivity index (χ4v) is 2.25. The quantitative estimate of drug-likeness (QED) is 0.640. The van der Waals surface area contributed by atoms with E-state index in [0.29, 0.717) is 0 Å². The summed E-state index contributed by atoms with van der Waals surface area (Å²) in [5, 5.41) is 0. The fourth-order valence-electron chi connectivity index (χ4n) is 2.25. The number of hydrogen-bond donors (Lipinski definition) is 0. The second-order valence-corrected chi connectivity index (χ2v) is 4.58. The molecule has 0 heteroatoms. The van der Waals surface area contributed by atoms with Crippen molar-refractivity contribution < 1.29 is 0 Å². The Morgan fingerprint density at radius 1 is 1.38 bits per heavy atom. The molecule has 0 aliphatic heterocycles. The van der Waals surface area contributed by atoms with E-state index in [2.05, 4.69) is 45.0 Å². The maximum atomic E-state index is 2.36. The van der Waals surface area contributed by atoms with Gasteiger partial charge in [0, 0.05) is 0 Å². The third-order valence-corrected chi connectivity index (χ3v) is 3.38. The van der Waals surface area contributed by atoms with Crippen molar-refractivity contribution in [3.63, 3.8) is 0 Å². The molecular formula is C13H18. The first-order valence-electron chi connectivity index (χ1n) is 5.25. The van der Waals surface area contributed by atoms with Crippen LogP contribution in [0.1, 0.15) is 37.3 Å². The molecular weight excluding hydrogens is 156 g/mol. The zero-order valence-electron chi connectivity index (χ0n) is 8.75. The van der Waals surface area contributed by atoms with Crippen molar-refractivity contribution in [1.29, 1.82) is 0 Å². The number of aryl methyl sites for hydroxylation is 1. The molecule has 0 spiro atoms. The Morgan fingerprint density at radius 2 is 2.08 bits per heavy atom. The molecule has 3 atom stereocenters. The van der Waals surface area contributed by atoms with E-state index in [1.165, 1.54) is 17.5 Å². The zero-order chi connectivity index (χ0) is 9.42. The molecule has 3 unspecified atom stereocenters. The van der Waals surface area contributed by atoms with Gasteiger partial charge in [-0.25, -0.2) is 0 Å². The minimum atomic E-state index is 0.759. The molecule has 0 radical (unpaired) electrons. The van der Waals surface area contributed by atoms with Gasteiger partial charge in [-0.3, -0.25) is 0 Å². The molecule has 0 bridgehead atoms. The summed E-state index contributed by atoms with van der Waals surface area (Å²) in [6, 6.07) is 8.94. The predicted octanol–water partition coefficient (Wildman–Crippen LogP) is 3.75. The highest BCUT2D eigenvalue weighted by Gasteiger charge is 2.37. The van der Waals surface area contributed by atoms with Crippen LogP contribution >= 0.6 is 0 Å². The summed E-state index contributed by atoms with van der Waals surface area (Å²) >= 11 is 0. The third kappa shape index (κ3) is 1.77. The van der Waals surface area contributed by atoms with E-state index < -0.39 is 0 Å². The van der Waals surface area contributed by atoms with E-state index in [-0.39, 0.29) is 0 Å². The summed E-state index contributed by atoms with van der Waals surface area (Å²) in [6.07, 6.45) is 1.43. The Labute approximate surface area is 81.0 Å². The van der Waals surface area contributed by atoms with Crippen LogP contribution in [-0.2, 0) is 0 Å². The van der Waals surface area contributed by atoms with Crippen molar-refractivity contribution in [2.75, 3.05) is 0 Å². The van der Waals surface area contributed by atoms with Crippen LogP contribution in [0.4, 0.5) is 0 Å². The van der Waals surface area contributed by atoms with Crippen LogP contribution < -0.4 is 0 Å². The molecule has 1 saturated carbocycles. The standard InChI is InChI=1S/C13H18/c1-9-5-4-6-12(7-9)11(3)13-8-10(13)2/h4-7,10-11,13H,8H2,1-3H3. The van der Waals surface area contributed by atoms with Gasteiger partial charge in [0.05, 0.1) is 0 Å². The van der Waals surface area contributed by atoms with Crippen molar-refractivity contribution >= 4 is 0 Å². The van der Waals surface area contributed by atoms with Crippen LogP contribution in [0.15, 0.2) is 24.3 Å². The van der Waals surface area contributed by atoms with Gasteiger partial charge in [-0.2, -0.15) is 0 Å². The monoisotopic (exact) mass is 174 g/mol. The lowest BCUT2D eigenvalue weighted by Gasteiger charge is -2.11. The van der Waals surface area contributed by atoms with Crippen LogP contribution in [0.25, 0.3) is 0 Å². The Morgan fingerprint density at radius 3 is 2.62 bits per heavy atom. The van der Waals surface area contributed by atoms with Crippen molar-refractivity contribution in [2.24, 2.45) is 11.8 Å². The Balaban J connectivity index is 2.15. The molecule has 0 amide bonds. The number of benzene rings is 1. The van der Waals surface area contributed by atoms with E-state index in [1.807, 2.05) is 0 Å². The molecule has 1 aliphatic rings. The second-order valence-electron chi connectivity index (χ2n) is 4.58. The van der Waals surface area contributed by atoms with Crippen molar-refractivity contribution in [1.82, 2.24) is 0 Å². The lowest BCUT2D eigenvalue weighted by atomic mass is 9.94. The van der Waals surface area contributed by atoms with E-state index in [1.54, 1.807) is 0 Å². The Kier molecular flexibility index (Phi) is 2.15. The van der Waals surface area contributed by atoms with E-state index in [4.69, 9.17) is 0 Å². The van der Waals surface area contributed by atoms with Gasteiger partial charge in [0.1, 0.15) is 0 Å². The minimum absolute atomic E-state index is 0.759. The van der Waals surface area contributed by atoms with Gasteiger partial charge in [0.25, 0.3) is 0 Å². The average molecular weight is 174 g/mol. The van der Waals surface area contributed by atoms with E-state index in [0.717, 1.165) is 17.8 Å². The number of hydrogen-bond acceptors (Lipinski definition) is 0. The molecule has 1 aromatic rings. The van der Waals surface area contributed by atoms with Crippen molar-refractivity contribution in [2.45, 2.75) is 33.1 Å². The third-order valence-electron chi connectivity index (χ3n) is 3.38. The highest BCUT2D eigenvalue weighted by Crippen LogP contribution is 2.47. The normalized spacial score (nSPS) is 28.5. The van der Waals surface area contributed by atoms with Crippen LogP contribution in [0, 0.1) is 18.8 Å². The van der Waals surface area contributed by atoms with E-state index >= 15 is 0 Å². The molecule has 1 aliphatic carbocycles. The van der Waals surface area contributed by atoms with Gasteiger partial charge in [-0.15, -0.1) is 0 Å². The average Bonchev–Trinajstić information content (AvgIpc) is 2.81. The predicted molar refractivity (Wildman–Crippen MR) is 56.9 cm³/mol. The van der Waals surface area contributed by atoms with Crippen molar-refractivity contribution in [3.8, 4) is 0 Å². The first kappa shape index (κ1) is 8.80. The van der Waals surface area contributed by atoms with Crippen LogP contribution in [-0.4, -0.2) is 0 Å². The summed E-state index contributed by atoms with van der Waals surface area (Å²) in [6.45, 7) is 6.90. The van der Waals surface area contributed by atoms with Crippen LogP contribution in [0.5, 0.6) is 0 Å². The highest BCUT2D eigenvalue weighted by atomic mass is 14.4.